The molecule has 3 rings (SSSR count). The van der Waals surface area contributed by atoms with Crippen molar-refractivity contribution in [3.05, 3.63) is 70.9 Å². The van der Waals surface area contributed by atoms with Crippen molar-refractivity contribution < 1.29 is 4.74 Å². The van der Waals surface area contributed by atoms with Crippen molar-refractivity contribution in [3.63, 3.8) is 0 Å². The lowest BCUT2D eigenvalue weighted by molar-refractivity contribution is 0.414. The van der Waals surface area contributed by atoms with Gasteiger partial charge in [-0.1, -0.05) is 41.9 Å². The minimum atomic E-state index is 0.455. The molecule has 0 unspecified atom stereocenters. The van der Waals surface area contributed by atoms with Crippen molar-refractivity contribution in [2.75, 3.05) is 24.3 Å². The Morgan fingerprint density at radius 3 is 2.81 bits per heavy atom. The number of nitrogens with zero attached hydrogens (tertiary/aromatic N) is 3. The highest BCUT2D eigenvalue weighted by Crippen LogP contribution is 2.16. The molecule has 0 aliphatic carbocycles. The van der Waals surface area contributed by atoms with Crippen LogP contribution in [0.4, 0.5) is 11.8 Å². The zero-order valence-corrected chi connectivity index (χ0v) is 15.2. The summed E-state index contributed by atoms with van der Waals surface area (Å²) in [6, 6.07) is 15.7. The van der Waals surface area contributed by atoms with Gasteiger partial charge in [0.2, 0.25) is 5.95 Å². The van der Waals surface area contributed by atoms with Crippen molar-refractivity contribution >= 4 is 23.4 Å². The van der Waals surface area contributed by atoms with Gasteiger partial charge in [0.1, 0.15) is 5.75 Å². The molecule has 7 heteroatoms. The van der Waals surface area contributed by atoms with Gasteiger partial charge in [-0.3, -0.25) is 0 Å². The fraction of sp³-hybridized carbons (Fsp3) is 0.211. The summed E-state index contributed by atoms with van der Waals surface area (Å²) in [5, 5.41) is 15.1. The largest absolute Gasteiger partial charge is 0.497 e. The standard InChI is InChI=1S/C19H20ClN5O/c1-26-16-7-4-5-14(11-16)9-10-21-18-13-23-25-19(24-18)22-12-15-6-2-3-8-17(15)20/h2-8,11,13H,9-10,12H2,1H3,(H2,21,22,24,25). The number of rotatable bonds is 8. The lowest BCUT2D eigenvalue weighted by Gasteiger charge is -2.09. The van der Waals surface area contributed by atoms with Crippen LogP contribution in [0.15, 0.2) is 54.7 Å². The molecule has 0 spiro atoms. The van der Waals surface area contributed by atoms with Crippen molar-refractivity contribution in [2.45, 2.75) is 13.0 Å². The summed E-state index contributed by atoms with van der Waals surface area (Å²) in [7, 11) is 1.67. The van der Waals surface area contributed by atoms with Gasteiger partial charge in [-0.05, 0) is 35.7 Å². The SMILES string of the molecule is COc1cccc(CCNc2cnnc(NCc3ccccc3Cl)n2)c1. The maximum absolute atomic E-state index is 6.15. The molecule has 0 bridgehead atoms. The Kier molecular flexibility index (Phi) is 6.22. The highest BCUT2D eigenvalue weighted by atomic mass is 35.5. The Balaban J connectivity index is 1.53. The van der Waals surface area contributed by atoms with Gasteiger partial charge in [0.05, 0.1) is 13.3 Å². The van der Waals surface area contributed by atoms with Crippen LogP contribution in [0.1, 0.15) is 11.1 Å². The van der Waals surface area contributed by atoms with Crippen molar-refractivity contribution in [2.24, 2.45) is 0 Å². The summed E-state index contributed by atoms with van der Waals surface area (Å²) in [4.78, 5) is 4.42. The van der Waals surface area contributed by atoms with Crippen LogP contribution in [0.5, 0.6) is 5.75 Å². The van der Waals surface area contributed by atoms with Crippen LogP contribution >= 0.6 is 11.6 Å². The van der Waals surface area contributed by atoms with Gasteiger partial charge in [0.25, 0.3) is 0 Å². The molecule has 0 amide bonds. The Hall–Kier alpha value is -2.86. The molecule has 1 aromatic heterocycles. The molecule has 3 aromatic rings. The maximum Gasteiger partial charge on any atom is 0.244 e. The average molecular weight is 370 g/mol. The Bertz CT molecular complexity index is 859. The maximum atomic E-state index is 6.15. The van der Waals surface area contributed by atoms with Crippen LogP contribution in [0.3, 0.4) is 0 Å². The summed E-state index contributed by atoms with van der Waals surface area (Å²) < 4.78 is 5.24. The van der Waals surface area contributed by atoms with Crippen molar-refractivity contribution in [3.8, 4) is 5.75 Å². The third kappa shape index (κ3) is 5.07. The van der Waals surface area contributed by atoms with E-state index < -0.39 is 0 Å². The highest BCUT2D eigenvalue weighted by Gasteiger charge is 2.03. The molecule has 2 N–H and O–H groups in total. The number of nitrogens with one attached hydrogen (secondary N) is 2. The highest BCUT2D eigenvalue weighted by molar-refractivity contribution is 6.31. The van der Waals surface area contributed by atoms with E-state index in [0.717, 1.165) is 24.3 Å². The number of benzene rings is 2. The van der Waals surface area contributed by atoms with E-state index in [0.29, 0.717) is 23.3 Å². The van der Waals surface area contributed by atoms with Gasteiger partial charge in [-0.2, -0.15) is 10.1 Å². The second-order valence-corrected chi connectivity index (χ2v) is 6.05. The molecule has 0 aliphatic heterocycles. The number of anilines is 2. The van der Waals surface area contributed by atoms with E-state index in [9.17, 15) is 0 Å². The van der Waals surface area contributed by atoms with Crippen molar-refractivity contribution in [1.29, 1.82) is 0 Å². The average Bonchev–Trinajstić information content (AvgIpc) is 2.68. The first kappa shape index (κ1) is 17.9. The zero-order chi connectivity index (χ0) is 18.2. The number of hydrogen-bond acceptors (Lipinski definition) is 6. The van der Waals surface area contributed by atoms with E-state index in [4.69, 9.17) is 16.3 Å². The van der Waals surface area contributed by atoms with E-state index in [1.807, 2.05) is 42.5 Å². The summed E-state index contributed by atoms with van der Waals surface area (Å²) in [5.74, 6) is 1.98. The molecule has 0 saturated heterocycles. The lowest BCUT2D eigenvalue weighted by atomic mass is 10.1. The lowest BCUT2D eigenvalue weighted by Crippen LogP contribution is -2.10. The second kappa shape index (κ2) is 9.01. The number of aromatic nitrogens is 3. The van der Waals surface area contributed by atoms with E-state index in [1.54, 1.807) is 13.3 Å². The fourth-order valence-corrected chi connectivity index (χ4v) is 2.65. The molecule has 26 heavy (non-hydrogen) atoms. The first-order valence-corrected chi connectivity index (χ1v) is 8.66. The quantitative estimate of drug-likeness (QED) is 0.629. The Morgan fingerprint density at radius 2 is 1.96 bits per heavy atom. The van der Waals surface area contributed by atoms with Gasteiger partial charge < -0.3 is 15.4 Å². The van der Waals surface area contributed by atoms with E-state index in [2.05, 4.69) is 31.9 Å². The number of hydrogen-bond donors (Lipinski definition) is 2. The van der Waals surface area contributed by atoms with Crippen LogP contribution in [0, 0.1) is 0 Å². The normalized spacial score (nSPS) is 10.4. The van der Waals surface area contributed by atoms with Gasteiger partial charge in [-0.15, -0.1) is 5.10 Å². The molecule has 0 aliphatic rings. The van der Waals surface area contributed by atoms with Crippen LogP contribution in [0.2, 0.25) is 5.02 Å². The van der Waals surface area contributed by atoms with E-state index in [-0.39, 0.29) is 0 Å². The summed E-state index contributed by atoms with van der Waals surface area (Å²) >= 11 is 6.15. The smallest absolute Gasteiger partial charge is 0.244 e. The summed E-state index contributed by atoms with van der Waals surface area (Å²) in [5.41, 5.74) is 2.17. The molecule has 1 heterocycles. The first-order chi connectivity index (χ1) is 12.7. The van der Waals surface area contributed by atoms with Gasteiger partial charge >= 0.3 is 0 Å². The van der Waals surface area contributed by atoms with Gasteiger partial charge in [0, 0.05) is 18.1 Å². The van der Waals surface area contributed by atoms with Crippen LogP contribution < -0.4 is 15.4 Å². The molecule has 0 fully saturated rings. The number of halogens is 1. The second-order valence-electron chi connectivity index (χ2n) is 5.64. The predicted octanol–water partition coefficient (Wildman–Crippen LogP) is 3.80. The van der Waals surface area contributed by atoms with Crippen LogP contribution in [-0.4, -0.2) is 28.8 Å². The minimum absolute atomic E-state index is 0.455. The molecule has 6 nitrogen and oxygen atoms in total. The topological polar surface area (TPSA) is 72.0 Å². The number of ether oxygens (including phenoxy) is 1. The molecule has 2 aromatic carbocycles. The van der Waals surface area contributed by atoms with Crippen LogP contribution in [0.25, 0.3) is 0 Å². The molecular weight excluding hydrogens is 350 g/mol. The predicted molar refractivity (Wildman–Crippen MR) is 104 cm³/mol. The summed E-state index contributed by atoms with van der Waals surface area (Å²) in [6.07, 6.45) is 2.45. The van der Waals surface area contributed by atoms with Crippen LogP contribution in [-0.2, 0) is 13.0 Å². The Labute approximate surface area is 157 Å². The first-order valence-electron chi connectivity index (χ1n) is 8.28. The third-order valence-corrected chi connectivity index (χ3v) is 4.18. The molecule has 0 atom stereocenters. The number of methoxy groups -OCH3 is 1. The monoisotopic (exact) mass is 369 g/mol. The molecule has 0 saturated carbocycles. The van der Waals surface area contributed by atoms with E-state index >= 15 is 0 Å². The van der Waals surface area contributed by atoms with Gasteiger partial charge in [0.15, 0.2) is 5.82 Å². The molecular formula is C19H20ClN5O. The fourth-order valence-electron chi connectivity index (χ4n) is 2.44. The molecule has 134 valence electrons. The Morgan fingerprint density at radius 1 is 1.08 bits per heavy atom. The molecule has 0 radical (unpaired) electrons. The summed E-state index contributed by atoms with van der Waals surface area (Å²) in [6.45, 7) is 1.27. The van der Waals surface area contributed by atoms with Crippen molar-refractivity contribution in [1.82, 2.24) is 15.2 Å². The minimum Gasteiger partial charge on any atom is -0.497 e. The van der Waals surface area contributed by atoms with E-state index in [1.165, 1.54) is 5.56 Å². The zero-order valence-electron chi connectivity index (χ0n) is 14.4. The third-order valence-electron chi connectivity index (χ3n) is 3.81. The van der Waals surface area contributed by atoms with Gasteiger partial charge in [-0.25, -0.2) is 0 Å².